The second-order valence-corrected chi connectivity index (χ2v) is 7.45. The average Bonchev–Trinajstić information content (AvgIpc) is 2.33. The molecule has 0 aromatic heterocycles. The lowest BCUT2D eigenvalue weighted by Gasteiger charge is -2.13. The number of nitrogens with one attached hydrogen (secondary N) is 1. The molecule has 0 amide bonds. The first-order valence-electron chi connectivity index (χ1n) is 5.43. The van der Waals surface area contributed by atoms with Gasteiger partial charge in [0, 0.05) is 15.0 Å². The number of hydrogen-bond acceptors (Lipinski definition) is 3. The highest BCUT2D eigenvalue weighted by Gasteiger charge is 2.22. The van der Waals surface area contributed by atoms with Crippen molar-refractivity contribution >= 4 is 53.3 Å². The minimum absolute atomic E-state index is 0.0712. The van der Waals surface area contributed by atoms with Crippen LogP contribution in [0.2, 0.25) is 0 Å². The average molecular weight is 442 g/mol. The SMILES string of the molecule is Nc1cc(Br)cc(Br)c1NS(=O)(=O)c1ccc(F)cc1F. The number of halogens is 4. The van der Waals surface area contributed by atoms with Crippen LogP contribution in [0.1, 0.15) is 0 Å². The molecule has 0 aliphatic heterocycles. The molecule has 0 aliphatic rings. The molecule has 2 aromatic rings. The Balaban J connectivity index is 2.47. The summed E-state index contributed by atoms with van der Waals surface area (Å²) in [5, 5.41) is 0. The molecule has 0 spiro atoms. The molecule has 2 rings (SSSR count). The van der Waals surface area contributed by atoms with Crippen LogP contribution in [0.3, 0.4) is 0 Å². The van der Waals surface area contributed by atoms with E-state index in [0.29, 0.717) is 15.0 Å². The molecular weight excluding hydrogens is 434 g/mol. The summed E-state index contributed by atoms with van der Waals surface area (Å²) in [7, 11) is -4.24. The Hall–Kier alpha value is -1.19. The fourth-order valence-electron chi connectivity index (χ4n) is 1.58. The van der Waals surface area contributed by atoms with Crippen LogP contribution in [-0.2, 0) is 10.0 Å². The highest BCUT2D eigenvalue weighted by molar-refractivity contribution is 9.11. The molecule has 0 atom stereocenters. The van der Waals surface area contributed by atoms with Gasteiger partial charge in [0.05, 0.1) is 11.4 Å². The van der Waals surface area contributed by atoms with Crippen molar-refractivity contribution in [3.63, 3.8) is 0 Å². The summed E-state index contributed by atoms with van der Waals surface area (Å²) in [6, 6.07) is 5.26. The van der Waals surface area contributed by atoms with Crippen LogP contribution in [0.5, 0.6) is 0 Å². The lowest BCUT2D eigenvalue weighted by Crippen LogP contribution is -2.16. The number of benzene rings is 2. The molecule has 0 aliphatic carbocycles. The summed E-state index contributed by atoms with van der Waals surface area (Å²) in [6.07, 6.45) is 0. The smallest absolute Gasteiger partial charge is 0.264 e. The predicted molar refractivity (Wildman–Crippen MR) is 83.4 cm³/mol. The lowest BCUT2D eigenvalue weighted by molar-refractivity contribution is 0.551. The topological polar surface area (TPSA) is 72.2 Å². The van der Waals surface area contributed by atoms with Crippen molar-refractivity contribution in [2.24, 2.45) is 0 Å². The van der Waals surface area contributed by atoms with Gasteiger partial charge in [-0.3, -0.25) is 4.72 Å². The first kappa shape index (κ1) is 16.2. The highest BCUT2D eigenvalue weighted by atomic mass is 79.9. The Morgan fingerprint density at radius 3 is 2.33 bits per heavy atom. The van der Waals surface area contributed by atoms with E-state index >= 15 is 0 Å². The van der Waals surface area contributed by atoms with Crippen molar-refractivity contribution in [1.29, 1.82) is 0 Å². The first-order valence-corrected chi connectivity index (χ1v) is 8.50. The summed E-state index contributed by atoms with van der Waals surface area (Å²) >= 11 is 6.36. The van der Waals surface area contributed by atoms with E-state index in [9.17, 15) is 17.2 Å². The second kappa shape index (κ2) is 5.90. The second-order valence-electron chi connectivity index (χ2n) is 4.03. The molecule has 9 heteroatoms. The molecule has 4 nitrogen and oxygen atoms in total. The van der Waals surface area contributed by atoms with Crippen molar-refractivity contribution in [3.05, 3.63) is 50.9 Å². The van der Waals surface area contributed by atoms with E-state index in [-0.39, 0.29) is 11.4 Å². The summed E-state index contributed by atoms with van der Waals surface area (Å²) in [5.74, 6) is -2.05. The molecular formula is C12H8Br2F2N2O2S. The highest BCUT2D eigenvalue weighted by Crippen LogP contribution is 2.34. The number of sulfonamides is 1. The summed E-state index contributed by atoms with van der Waals surface area (Å²) in [6.45, 7) is 0. The molecule has 0 unspecified atom stereocenters. The van der Waals surface area contributed by atoms with Crippen LogP contribution in [0.25, 0.3) is 0 Å². The standard InChI is InChI=1S/C12H8Br2F2N2O2S/c13-6-3-8(14)12(10(17)4-6)18-21(19,20)11-2-1-7(15)5-9(11)16/h1-5,18H,17H2. The molecule has 0 fully saturated rings. The number of rotatable bonds is 3. The number of nitrogen functional groups attached to an aromatic ring is 1. The third-order valence-corrected chi connectivity index (χ3v) is 4.97. The zero-order valence-corrected chi connectivity index (χ0v) is 14.2. The van der Waals surface area contributed by atoms with Gasteiger partial charge in [0.15, 0.2) is 0 Å². The molecule has 21 heavy (non-hydrogen) atoms. The van der Waals surface area contributed by atoms with Gasteiger partial charge in [-0.1, -0.05) is 15.9 Å². The Labute approximate surface area is 136 Å². The maximum atomic E-state index is 13.6. The zero-order chi connectivity index (χ0) is 15.8. The van der Waals surface area contributed by atoms with Gasteiger partial charge >= 0.3 is 0 Å². The Morgan fingerprint density at radius 2 is 1.76 bits per heavy atom. The molecule has 3 N–H and O–H groups in total. The maximum absolute atomic E-state index is 13.6. The monoisotopic (exact) mass is 440 g/mol. The molecule has 0 saturated carbocycles. The summed E-state index contributed by atoms with van der Waals surface area (Å²) in [4.78, 5) is -0.668. The Kier molecular flexibility index (Phi) is 4.54. The third kappa shape index (κ3) is 3.53. The summed E-state index contributed by atoms with van der Waals surface area (Å²) < 4.78 is 54.0. The number of nitrogens with two attached hydrogens (primary N) is 1. The normalized spacial score (nSPS) is 11.4. The third-order valence-electron chi connectivity index (χ3n) is 2.51. The van der Waals surface area contributed by atoms with Crippen LogP contribution < -0.4 is 10.5 Å². The molecule has 2 aromatic carbocycles. The maximum Gasteiger partial charge on any atom is 0.264 e. The van der Waals surface area contributed by atoms with Gasteiger partial charge in [0.2, 0.25) is 0 Å². The number of hydrogen-bond donors (Lipinski definition) is 2. The molecule has 0 saturated heterocycles. The predicted octanol–water partition coefficient (Wildman–Crippen LogP) is 3.87. The minimum Gasteiger partial charge on any atom is -0.397 e. The summed E-state index contributed by atoms with van der Waals surface area (Å²) in [5.41, 5.74) is 5.94. The van der Waals surface area contributed by atoms with Crippen LogP contribution in [0.4, 0.5) is 20.2 Å². The van der Waals surface area contributed by atoms with Crippen LogP contribution in [0, 0.1) is 11.6 Å². The molecule has 0 radical (unpaired) electrons. The van der Waals surface area contributed by atoms with E-state index in [1.54, 1.807) is 6.07 Å². The van der Waals surface area contributed by atoms with Crippen LogP contribution in [0.15, 0.2) is 44.2 Å². The van der Waals surface area contributed by atoms with Crippen molar-refractivity contribution in [2.45, 2.75) is 4.90 Å². The van der Waals surface area contributed by atoms with Crippen LogP contribution in [-0.4, -0.2) is 8.42 Å². The van der Waals surface area contributed by atoms with Gasteiger partial charge in [-0.05, 0) is 40.2 Å². The van der Waals surface area contributed by atoms with E-state index < -0.39 is 26.6 Å². The van der Waals surface area contributed by atoms with E-state index in [0.717, 1.165) is 12.1 Å². The molecule has 0 bridgehead atoms. The fraction of sp³-hybridized carbons (Fsp3) is 0. The lowest BCUT2D eigenvalue weighted by atomic mass is 10.3. The Bertz CT molecular complexity index is 790. The van der Waals surface area contributed by atoms with Crippen molar-refractivity contribution < 1.29 is 17.2 Å². The van der Waals surface area contributed by atoms with Gasteiger partial charge in [-0.25, -0.2) is 17.2 Å². The fourth-order valence-corrected chi connectivity index (χ4v) is 4.24. The van der Waals surface area contributed by atoms with Crippen molar-refractivity contribution in [3.8, 4) is 0 Å². The van der Waals surface area contributed by atoms with Gasteiger partial charge in [-0.15, -0.1) is 0 Å². The van der Waals surface area contributed by atoms with E-state index in [1.165, 1.54) is 6.07 Å². The quantitative estimate of drug-likeness (QED) is 0.710. The van der Waals surface area contributed by atoms with Crippen LogP contribution >= 0.6 is 31.9 Å². The van der Waals surface area contributed by atoms with E-state index in [1.807, 2.05) is 0 Å². The van der Waals surface area contributed by atoms with E-state index in [2.05, 4.69) is 36.6 Å². The minimum atomic E-state index is -4.24. The van der Waals surface area contributed by atoms with E-state index in [4.69, 9.17) is 5.73 Å². The molecule has 112 valence electrons. The largest absolute Gasteiger partial charge is 0.397 e. The Morgan fingerprint density at radius 1 is 1.10 bits per heavy atom. The van der Waals surface area contributed by atoms with Gasteiger partial charge in [-0.2, -0.15) is 0 Å². The van der Waals surface area contributed by atoms with Gasteiger partial charge in [0.25, 0.3) is 10.0 Å². The van der Waals surface area contributed by atoms with Gasteiger partial charge < -0.3 is 5.73 Å². The van der Waals surface area contributed by atoms with Crippen molar-refractivity contribution in [1.82, 2.24) is 0 Å². The van der Waals surface area contributed by atoms with Crippen molar-refractivity contribution in [2.75, 3.05) is 10.5 Å². The zero-order valence-electron chi connectivity index (χ0n) is 10.2. The van der Waals surface area contributed by atoms with Gasteiger partial charge in [0.1, 0.15) is 16.5 Å². The first-order chi connectivity index (χ1) is 9.70. The number of anilines is 2. The molecule has 0 heterocycles.